The van der Waals surface area contributed by atoms with Crippen LogP contribution in [0.2, 0.25) is 0 Å². The molecule has 3 heterocycles. The van der Waals surface area contributed by atoms with Crippen LogP contribution in [0.1, 0.15) is 52.0 Å². The van der Waals surface area contributed by atoms with Gasteiger partial charge >= 0.3 is 5.97 Å². The number of fused-ring (bicyclic) bond motifs is 2. The SMILES string of the molecule is Cn1nc(C(=O)N2CCc3[nH]cnc3C2C(=O)O)c2c1CCCC2. The smallest absolute Gasteiger partial charge is 0.332 e. The maximum Gasteiger partial charge on any atom is 0.332 e. The van der Waals surface area contributed by atoms with E-state index in [9.17, 15) is 14.7 Å². The first-order chi connectivity index (χ1) is 11.6. The van der Waals surface area contributed by atoms with Gasteiger partial charge in [-0.2, -0.15) is 5.10 Å². The standard InChI is InChI=1S/C16H19N5O3/c1-20-11-5-3-2-4-9(11)12(19-20)15(22)21-7-6-10-13(18-8-17-10)14(21)16(23)24/h8,14H,2-7H2,1H3,(H,17,18)(H,23,24). The quantitative estimate of drug-likeness (QED) is 0.850. The summed E-state index contributed by atoms with van der Waals surface area (Å²) >= 11 is 0. The first-order valence-electron chi connectivity index (χ1n) is 8.18. The van der Waals surface area contributed by atoms with Crippen LogP contribution in [0.4, 0.5) is 0 Å². The maximum absolute atomic E-state index is 13.1. The van der Waals surface area contributed by atoms with Crippen molar-refractivity contribution < 1.29 is 14.7 Å². The van der Waals surface area contributed by atoms with E-state index in [1.165, 1.54) is 11.2 Å². The molecule has 2 N–H and O–H groups in total. The van der Waals surface area contributed by atoms with Gasteiger partial charge in [-0.05, 0) is 25.7 Å². The number of rotatable bonds is 2. The van der Waals surface area contributed by atoms with Crippen molar-refractivity contribution in [3.8, 4) is 0 Å². The molecule has 8 nitrogen and oxygen atoms in total. The Balaban J connectivity index is 1.73. The van der Waals surface area contributed by atoms with E-state index in [-0.39, 0.29) is 5.91 Å². The van der Waals surface area contributed by atoms with Crippen LogP contribution in [-0.2, 0) is 31.1 Å². The lowest BCUT2D eigenvalue weighted by Crippen LogP contribution is -2.44. The van der Waals surface area contributed by atoms with Crippen molar-refractivity contribution in [1.82, 2.24) is 24.6 Å². The Labute approximate surface area is 138 Å². The number of imidazole rings is 1. The summed E-state index contributed by atoms with van der Waals surface area (Å²) in [5, 5.41) is 14.0. The van der Waals surface area contributed by atoms with E-state index in [1.807, 2.05) is 7.05 Å². The molecule has 1 atom stereocenters. The average Bonchev–Trinajstić information content (AvgIpc) is 3.18. The summed E-state index contributed by atoms with van der Waals surface area (Å²) in [6.07, 6.45) is 5.92. The zero-order chi connectivity index (χ0) is 16.8. The number of aliphatic carboxylic acids is 1. The maximum atomic E-state index is 13.1. The number of hydrogen-bond acceptors (Lipinski definition) is 4. The van der Waals surface area contributed by atoms with Crippen LogP contribution < -0.4 is 0 Å². The first-order valence-corrected chi connectivity index (χ1v) is 8.18. The molecule has 1 amide bonds. The van der Waals surface area contributed by atoms with Gasteiger partial charge in [0.05, 0.1) is 12.0 Å². The third-order valence-corrected chi connectivity index (χ3v) is 4.99. The van der Waals surface area contributed by atoms with E-state index >= 15 is 0 Å². The molecular formula is C16H19N5O3. The van der Waals surface area contributed by atoms with Gasteiger partial charge < -0.3 is 15.0 Å². The van der Waals surface area contributed by atoms with E-state index in [4.69, 9.17) is 0 Å². The van der Waals surface area contributed by atoms with Gasteiger partial charge in [0, 0.05) is 37.0 Å². The van der Waals surface area contributed by atoms with Crippen molar-refractivity contribution in [1.29, 1.82) is 0 Å². The van der Waals surface area contributed by atoms with Crippen LogP contribution >= 0.6 is 0 Å². The van der Waals surface area contributed by atoms with Gasteiger partial charge in [-0.15, -0.1) is 0 Å². The molecule has 4 rings (SSSR count). The molecule has 0 spiro atoms. The molecule has 1 aliphatic carbocycles. The highest BCUT2D eigenvalue weighted by molar-refractivity contribution is 5.97. The van der Waals surface area contributed by atoms with Gasteiger partial charge in [0.2, 0.25) is 0 Å². The van der Waals surface area contributed by atoms with Crippen LogP contribution in [0.25, 0.3) is 0 Å². The largest absolute Gasteiger partial charge is 0.479 e. The number of carbonyl (C=O) groups is 2. The van der Waals surface area contributed by atoms with E-state index in [0.29, 0.717) is 24.4 Å². The Hall–Kier alpha value is -2.64. The van der Waals surface area contributed by atoms with Gasteiger partial charge in [0.1, 0.15) is 0 Å². The Kier molecular flexibility index (Phi) is 3.40. The zero-order valence-corrected chi connectivity index (χ0v) is 13.4. The topological polar surface area (TPSA) is 104 Å². The van der Waals surface area contributed by atoms with Gasteiger partial charge in [0.15, 0.2) is 11.7 Å². The highest BCUT2D eigenvalue weighted by Gasteiger charge is 2.40. The fraction of sp³-hybridized carbons (Fsp3) is 0.500. The normalized spacial score (nSPS) is 19.7. The van der Waals surface area contributed by atoms with Gasteiger partial charge in [-0.1, -0.05) is 0 Å². The lowest BCUT2D eigenvalue weighted by Gasteiger charge is -2.32. The highest BCUT2D eigenvalue weighted by atomic mass is 16.4. The molecule has 0 saturated carbocycles. The molecule has 1 unspecified atom stereocenters. The Morgan fingerprint density at radius 3 is 2.88 bits per heavy atom. The Bertz CT molecular complexity index is 822. The summed E-state index contributed by atoms with van der Waals surface area (Å²) in [5.41, 5.74) is 3.68. The summed E-state index contributed by atoms with van der Waals surface area (Å²) in [7, 11) is 1.84. The van der Waals surface area contributed by atoms with Crippen molar-refractivity contribution in [2.45, 2.75) is 38.1 Å². The number of H-pyrrole nitrogens is 1. The highest BCUT2D eigenvalue weighted by Crippen LogP contribution is 2.31. The molecule has 2 aromatic heterocycles. The molecule has 2 aliphatic rings. The lowest BCUT2D eigenvalue weighted by atomic mass is 9.94. The number of nitrogens with zero attached hydrogens (tertiary/aromatic N) is 4. The van der Waals surface area contributed by atoms with Gasteiger partial charge in [-0.25, -0.2) is 9.78 Å². The predicted molar refractivity (Wildman–Crippen MR) is 83.6 cm³/mol. The Morgan fingerprint density at radius 2 is 2.08 bits per heavy atom. The van der Waals surface area contributed by atoms with E-state index in [0.717, 1.165) is 42.6 Å². The molecule has 2 aromatic rings. The van der Waals surface area contributed by atoms with Crippen molar-refractivity contribution in [2.75, 3.05) is 6.54 Å². The summed E-state index contributed by atoms with van der Waals surface area (Å²) in [6.45, 7) is 0.344. The predicted octanol–water partition coefficient (Wildman–Crippen LogP) is 0.846. The molecule has 0 bridgehead atoms. The third kappa shape index (κ3) is 2.13. The van der Waals surface area contributed by atoms with Crippen molar-refractivity contribution in [3.05, 3.63) is 34.7 Å². The number of carboxylic acids is 1. The number of hydrogen-bond donors (Lipinski definition) is 2. The van der Waals surface area contributed by atoms with Gasteiger partial charge in [-0.3, -0.25) is 9.48 Å². The molecule has 126 valence electrons. The monoisotopic (exact) mass is 329 g/mol. The number of nitrogens with one attached hydrogen (secondary N) is 1. The molecule has 1 aliphatic heterocycles. The Morgan fingerprint density at radius 1 is 1.29 bits per heavy atom. The van der Waals surface area contributed by atoms with Crippen molar-refractivity contribution in [2.24, 2.45) is 7.05 Å². The van der Waals surface area contributed by atoms with Crippen LogP contribution in [0.15, 0.2) is 6.33 Å². The molecule has 0 radical (unpaired) electrons. The van der Waals surface area contributed by atoms with Crippen LogP contribution in [-0.4, -0.2) is 48.2 Å². The minimum atomic E-state index is -1.07. The molecule has 24 heavy (non-hydrogen) atoms. The fourth-order valence-electron chi connectivity index (χ4n) is 3.83. The summed E-state index contributed by atoms with van der Waals surface area (Å²) in [6, 6.07) is -1.06. The number of aromatic amines is 1. The lowest BCUT2D eigenvalue weighted by molar-refractivity contribution is -0.143. The fourth-order valence-corrected chi connectivity index (χ4v) is 3.83. The summed E-state index contributed by atoms with van der Waals surface area (Å²) in [5.74, 6) is -1.38. The average molecular weight is 329 g/mol. The van der Waals surface area contributed by atoms with Crippen molar-refractivity contribution in [3.63, 3.8) is 0 Å². The number of carboxylic acid groups (broad SMARTS) is 1. The second-order valence-electron chi connectivity index (χ2n) is 6.36. The van der Waals surface area contributed by atoms with Crippen LogP contribution in [0.5, 0.6) is 0 Å². The van der Waals surface area contributed by atoms with Crippen LogP contribution in [0, 0.1) is 0 Å². The summed E-state index contributed by atoms with van der Waals surface area (Å²) < 4.78 is 1.77. The molecule has 0 fully saturated rings. The first kappa shape index (κ1) is 14.9. The minimum Gasteiger partial charge on any atom is -0.479 e. The van der Waals surface area contributed by atoms with Gasteiger partial charge in [0.25, 0.3) is 5.91 Å². The second kappa shape index (κ2) is 5.47. The van der Waals surface area contributed by atoms with E-state index in [2.05, 4.69) is 15.1 Å². The molecule has 0 aromatic carbocycles. The third-order valence-electron chi connectivity index (χ3n) is 4.99. The molecular weight excluding hydrogens is 310 g/mol. The number of carbonyl (C=O) groups excluding carboxylic acids is 1. The second-order valence-corrected chi connectivity index (χ2v) is 6.36. The molecule has 8 heteroatoms. The number of amides is 1. The minimum absolute atomic E-state index is 0.310. The van der Waals surface area contributed by atoms with E-state index in [1.54, 1.807) is 4.68 Å². The van der Waals surface area contributed by atoms with E-state index < -0.39 is 12.0 Å². The zero-order valence-electron chi connectivity index (χ0n) is 13.4. The number of aryl methyl sites for hydroxylation is 1. The van der Waals surface area contributed by atoms with Crippen LogP contribution in [0.3, 0.4) is 0 Å². The molecule has 0 saturated heterocycles. The number of aromatic nitrogens is 4. The summed E-state index contributed by atoms with van der Waals surface area (Å²) in [4.78, 5) is 33.3. The van der Waals surface area contributed by atoms with Crippen molar-refractivity contribution >= 4 is 11.9 Å².